The molecule has 1 aliphatic heterocycles. The van der Waals surface area contributed by atoms with E-state index in [1.807, 2.05) is 0 Å². The summed E-state index contributed by atoms with van der Waals surface area (Å²) in [5, 5.41) is 3.30. The molecule has 0 amide bonds. The maximum Gasteiger partial charge on any atom is 0.0150 e. The Morgan fingerprint density at radius 2 is 2.18 bits per heavy atom. The van der Waals surface area contributed by atoms with Gasteiger partial charge in [-0.05, 0) is 18.3 Å². The number of allylic oxidation sites excluding steroid dienone is 1. The molecule has 11 heavy (non-hydrogen) atoms. The van der Waals surface area contributed by atoms with Gasteiger partial charge in [0.25, 0.3) is 0 Å². The molecular weight excluding hydrogens is 134 g/mol. The summed E-state index contributed by atoms with van der Waals surface area (Å²) >= 11 is 0. The lowest BCUT2D eigenvalue weighted by Crippen LogP contribution is -2.13. The number of rotatable bonds is 1. The van der Waals surface area contributed by atoms with Gasteiger partial charge in [-0.15, -0.1) is 0 Å². The lowest BCUT2D eigenvalue weighted by atomic mass is 9.83. The van der Waals surface area contributed by atoms with Crippen LogP contribution in [0, 0.1) is 11.3 Å². The zero-order valence-electron chi connectivity index (χ0n) is 7.91. The van der Waals surface area contributed by atoms with Crippen molar-refractivity contribution < 1.29 is 0 Å². The molecule has 1 rings (SSSR count). The second-order valence-electron chi connectivity index (χ2n) is 4.70. The Labute approximate surface area is 69.9 Å². The molecule has 1 heterocycles. The van der Waals surface area contributed by atoms with E-state index < -0.39 is 0 Å². The first-order valence-corrected chi connectivity index (χ1v) is 4.42. The van der Waals surface area contributed by atoms with Crippen LogP contribution in [-0.4, -0.2) is 6.54 Å². The summed E-state index contributed by atoms with van der Waals surface area (Å²) in [6, 6.07) is 0. The average Bonchev–Trinajstić information content (AvgIpc) is 2.12. The maximum atomic E-state index is 4.01. The molecule has 0 aromatic heterocycles. The van der Waals surface area contributed by atoms with Gasteiger partial charge in [0.1, 0.15) is 0 Å². The summed E-state index contributed by atoms with van der Waals surface area (Å²) in [5.41, 5.74) is 1.69. The van der Waals surface area contributed by atoms with Gasteiger partial charge in [0, 0.05) is 18.2 Å². The molecule has 1 saturated heterocycles. The summed E-state index contributed by atoms with van der Waals surface area (Å²) in [6.45, 7) is 12.0. The standard InChI is InChI=1S/C10H19N/c1-8-9(5-6-11-8)7-10(2,3)4/h9,11H,1,5-7H2,2-4H3. The van der Waals surface area contributed by atoms with Crippen LogP contribution in [0.2, 0.25) is 0 Å². The summed E-state index contributed by atoms with van der Waals surface area (Å²) in [4.78, 5) is 0. The van der Waals surface area contributed by atoms with Gasteiger partial charge >= 0.3 is 0 Å². The second kappa shape index (κ2) is 2.88. The summed E-state index contributed by atoms with van der Waals surface area (Å²) in [6.07, 6.45) is 2.54. The topological polar surface area (TPSA) is 12.0 Å². The molecule has 1 nitrogen and oxygen atoms in total. The van der Waals surface area contributed by atoms with Crippen molar-refractivity contribution in [1.82, 2.24) is 5.32 Å². The fourth-order valence-corrected chi connectivity index (χ4v) is 1.69. The molecule has 0 aromatic carbocycles. The molecule has 1 N–H and O–H groups in total. The van der Waals surface area contributed by atoms with E-state index in [1.54, 1.807) is 0 Å². The third-order valence-electron chi connectivity index (χ3n) is 2.20. The van der Waals surface area contributed by atoms with Crippen LogP contribution in [0.3, 0.4) is 0 Å². The Hall–Kier alpha value is -0.460. The van der Waals surface area contributed by atoms with Gasteiger partial charge in [-0.1, -0.05) is 27.4 Å². The molecule has 0 radical (unpaired) electrons. The van der Waals surface area contributed by atoms with Crippen LogP contribution in [0.5, 0.6) is 0 Å². The SMILES string of the molecule is C=C1NCCC1CC(C)(C)C. The zero-order chi connectivity index (χ0) is 8.48. The van der Waals surface area contributed by atoms with Crippen LogP contribution < -0.4 is 5.32 Å². The molecular formula is C10H19N. The van der Waals surface area contributed by atoms with Crippen molar-refractivity contribution in [2.75, 3.05) is 6.54 Å². The van der Waals surface area contributed by atoms with E-state index >= 15 is 0 Å². The van der Waals surface area contributed by atoms with E-state index in [2.05, 4.69) is 32.7 Å². The fourth-order valence-electron chi connectivity index (χ4n) is 1.69. The summed E-state index contributed by atoms with van der Waals surface area (Å²) in [7, 11) is 0. The van der Waals surface area contributed by atoms with E-state index in [0.717, 1.165) is 12.5 Å². The largest absolute Gasteiger partial charge is 0.389 e. The molecule has 1 atom stereocenters. The highest BCUT2D eigenvalue weighted by Crippen LogP contribution is 2.31. The molecule has 0 aromatic rings. The zero-order valence-corrected chi connectivity index (χ0v) is 7.91. The molecule has 0 spiro atoms. The van der Waals surface area contributed by atoms with Crippen LogP contribution in [0.4, 0.5) is 0 Å². The van der Waals surface area contributed by atoms with Crippen molar-refractivity contribution in [1.29, 1.82) is 0 Å². The summed E-state index contributed by atoms with van der Waals surface area (Å²) < 4.78 is 0. The van der Waals surface area contributed by atoms with Crippen molar-refractivity contribution in [3.63, 3.8) is 0 Å². The lowest BCUT2D eigenvalue weighted by Gasteiger charge is -2.22. The van der Waals surface area contributed by atoms with Crippen LogP contribution in [0.15, 0.2) is 12.3 Å². The smallest absolute Gasteiger partial charge is 0.0150 e. The Balaban J connectivity index is 2.43. The van der Waals surface area contributed by atoms with Crippen molar-refractivity contribution in [3.8, 4) is 0 Å². The summed E-state index contributed by atoms with van der Waals surface area (Å²) in [5.74, 6) is 0.718. The van der Waals surface area contributed by atoms with Gasteiger partial charge in [0.2, 0.25) is 0 Å². The van der Waals surface area contributed by atoms with Gasteiger partial charge in [0.05, 0.1) is 0 Å². The second-order valence-corrected chi connectivity index (χ2v) is 4.70. The predicted molar refractivity (Wildman–Crippen MR) is 49.3 cm³/mol. The average molecular weight is 153 g/mol. The van der Waals surface area contributed by atoms with Crippen molar-refractivity contribution in [2.45, 2.75) is 33.6 Å². The molecule has 1 unspecified atom stereocenters. The van der Waals surface area contributed by atoms with Crippen molar-refractivity contribution in [3.05, 3.63) is 12.3 Å². The number of hydrogen-bond donors (Lipinski definition) is 1. The Morgan fingerprint density at radius 3 is 2.55 bits per heavy atom. The third kappa shape index (κ3) is 2.57. The highest BCUT2D eigenvalue weighted by Gasteiger charge is 2.24. The van der Waals surface area contributed by atoms with Crippen LogP contribution in [0.25, 0.3) is 0 Å². The Bertz CT molecular complexity index is 153. The van der Waals surface area contributed by atoms with E-state index in [4.69, 9.17) is 0 Å². The molecule has 1 heteroatoms. The van der Waals surface area contributed by atoms with Crippen molar-refractivity contribution >= 4 is 0 Å². The normalized spacial score (nSPS) is 25.4. The van der Waals surface area contributed by atoms with Gasteiger partial charge in [0.15, 0.2) is 0 Å². The first kappa shape index (κ1) is 8.63. The lowest BCUT2D eigenvalue weighted by molar-refractivity contribution is 0.322. The predicted octanol–water partition coefficient (Wildman–Crippen LogP) is 2.55. The molecule has 64 valence electrons. The monoisotopic (exact) mass is 153 g/mol. The minimum atomic E-state index is 0.444. The minimum absolute atomic E-state index is 0.444. The number of hydrogen-bond acceptors (Lipinski definition) is 1. The minimum Gasteiger partial charge on any atom is -0.389 e. The Morgan fingerprint density at radius 1 is 1.55 bits per heavy atom. The van der Waals surface area contributed by atoms with Gasteiger partial charge < -0.3 is 5.32 Å². The van der Waals surface area contributed by atoms with Crippen LogP contribution in [0.1, 0.15) is 33.6 Å². The molecule has 0 aliphatic carbocycles. The highest BCUT2D eigenvalue weighted by atomic mass is 14.9. The molecule has 1 aliphatic rings. The van der Waals surface area contributed by atoms with E-state index in [-0.39, 0.29) is 0 Å². The van der Waals surface area contributed by atoms with Crippen LogP contribution in [-0.2, 0) is 0 Å². The van der Waals surface area contributed by atoms with Gasteiger partial charge in [-0.2, -0.15) is 0 Å². The van der Waals surface area contributed by atoms with E-state index in [1.165, 1.54) is 18.5 Å². The van der Waals surface area contributed by atoms with E-state index in [0.29, 0.717) is 5.41 Å². The van der Waals surface area contributed by atoms with E-state index in [9.17, 15) is 0 Å². The van der Waals surface area contributed by atoms with Gasteiger partial charge in [-0.3, -0.25) is 0 Å². The first-order valence-electron chi connectivity index (χ1n) is 4.42. The molecule has 0 bridgehead atoms. The van der Waals surface area contributed by atoms with Gasteiger partial charge in [-0.25, -0.2) is 0 Å². The number of nitrogens with one attached hydrogen (secondary N) is 1. The molecule has 0 saturated carbocycles. The highest BCUT2D eigenvalue weighted by molar-refractivity contribution is 5.04. The fraction of sp³-hybridized carbons (Fsp3) is 0.800. The third-order valence-corrected chi connectivity index (χ3v) is 2.20. The Kier molecular flexibility index (Phi) is 2.26. The first-order chi connectivity index (χ1) is 4.99. The maximum absolute atomic E-state index is 4.01. The van der Waals surface area contributed by atoms with Crippen molar-refractivity contribution in [2.24, 2.45) is 11.3 Å². The quantitative estimate of drug-likeness (QED) is 0.610. The van der Waals surface area contributed by atoms with Crippen LogP contribution >= 0.6 is 0 Å². The molecule has 1 fully saturated rings.